The molecule has 2 N–H and O–H groups in total. The van der Waals surface area contributed by atoms with Gasteiger partial charge in [-0.25, -0.2) is 0 Å². The van der Waals surface area contributed by atoms with E-state index in [2.05, 4.69) is 15.2 Å². The quantitative estimate of drug-likeness (QED) is 0.594. The van der Waals surface area contributed by atoms with E-state index in [-0.39, 0.29) is 11.5 Å². The van der Waals surface area contributed by atoms with Gasteiger partial charge in [0, 0.05) is 42.9 Å². The zero-order chi connectivity index (χ0) is 20.5. The van der Waals surface area contributed by atoms with Gasteiger partial charge in [0.15, 0.2) is 4.77 Å². The molecule has 0 aliphatic carbocycles. The highest BCUT2D eigenvalue weighted by atomic mass is 35.5. The van der Waals surface area contributed by atoms with Crippen LogP contribution in [0.1, 0.15) is 10.4 Å². The third kappa shape index (κ3) is 4.05. The van der Waals surface area contributed by atoms with Crippen LogP contribution in [0.2, 0.25) is 5.02 Å². The second kappa shape index (κ2) is 8.22. The Bertz CT molecular complexity index is 1220. The Kier molecular flexibility index (Phi) is 5.67. The molecule has 29 heavy (non-hydrogen) atoms. The van der Waals surface area contributed by atoms with Crippen LogP contribution in [-0.4, -0.2) is 40.1 Å². The van der Waals surface area contributed by atoms with Crippen molar-refractivity contribution in [1.29, 1.82) is 0 Å². The maximum Gasteiger partial charge on any atom is 0.261 e. The van der Waals surface area contributed by atoms with Crippen LogP contribution >= 0.6 is 35.6 Å². The van der Waals surface area contributed by atoms with Crippen molar-refractivity contribution < 1.29 is 4.79 Å². The number of nitrogens with zero attached hydrogens (tertiary/aromatic N) is 2. The number of hydrogen-bond acceptors (Lipinski definition) is 5. The second-order valence-electron chi connectivity index (χ2n) is 6.77. The number of anilines is 2. The topological polar surface area (TPSA) is 70.1 Å². The van der Waals surface area contributed by atoms with Gasteiger partial charge in [-0.1, -0.05) is 11.6 Å². The van der Waals surface area contributed by atoms with Crippen LogP contribution in [0.4, 0.5) is 11.4 Å². The van der Waals surface area contributed by atoms with Crippen LogP contribution in [0.5, 0.6) is 0 Å². The summed E-state index contributed by atoms with van der Waals surface area (Å²) in [7, 11) is 1.61. The van der Waals surface area contributed by atoms with Crippen molar-refractivity contribution in [2.24, 2.45) is 7.05 Å². The summed E-state index contributed by atoms with van der Waals surface area (Å²) in [6, 6.07) is 10.4. The SMILES string of the molecule is Cn1c(=S)[nH]c2cc(C(=O)Nc3ccc(N4CCSCC4)c(Cl)c3)ccc2c1=O. The van der Waals surface area contributed by atoms with Crippen molar-refractivity contribution >= 4 is 63.8 Å². The summed E-state index contributed by atoms with van der Waals surface area (Å²) < 4.78 is 1.67. The van der Waals surface area contributed by atoms with Crippen molar-refractivity contribution in [3.63, 3.8) is 0 Å². The van der Waals surface area contributed by atoms with Gasteiger partial charge in [0.1, 0.15) is 0 Å². The Hall–Kier alpha value is -2.29. The fourth-order valence-corrected chi connectivity index (χ4v) is 4.69. The molecule has 0 saturated carbocycles. The molecule has 2 heterocycles. The van der Waals surface area contributed by atoms with Crippen molar-refractivity contribution in [3.05, 3.63) is 62.1 Å². The molecule has 0 bridgehead atoms. The van der Waals surface area contributed by atoms with Gasteiger partial charge in [-0.05, 0) is 48.6 Å². The van der Waals surface area contributed by atoms with Crippen molar-refractivity contribution in [2.45, 2.75) is 0 Å². The fraction of sp³-hybridized carbons (Fsp3) is 0.250. The number of nitrogens with one attached hydrogen (secondary N) is 2. The predicted molar refractivity (Wildman–Crippen MR) is 123 cm³/mol. The number of carbonyl (C=O) groups excluding carboxylic acids is 1. The molecule has 0 radical (unpaired) electrons. The third-order valence-electron chi connectivity index (χ3n) is 4.92. The molecule has 1 fully saturated rings. The first-order valence-corrected chi connectivity index (χ1v) is 11.0. The molecule has 1 aliphatic heterocycles. The molecule has 0 atom stereocenters. The van der Waals surface area contributed by atoms with E-state index in [0.717, 1.165) is 30.3 Å². The molecule has 2 aromatic carbocycles. The van der Waals surface area contributed by atoms with Crippen LogP contribution in [0, 0.1) is 4.77 Å². The average Bonchev–Trinajstić information content (AvgIpc) is 2.72. The van der Waals surface area contributed by atoms with Crippen molar-refractivity contribution in [2.75, 3.05) is 34.8 Å². The summed E-state index contributed by atoms with van der Waals surface area (Å²) in [6.45, 7) is 1.93. The Morgan fingerprint density at radius 1 is 1.21 bits per heavy atom. The lowest BCUT2D eigenvalue weighted by Crippen LogP contribution is -2.32. The molecular weight excluding hydrogens is 428 g/mol. The highest BCUT2D eigenvalue weighted by molar-refractivity contribution is 7.99. The number of hydrogen-bond donors (Lipinski definition) is 2. The third-order valence-corrected chi connectivity index (χ3v) is 6.54. The number of fused-ring (bicyclic) bond motifs is 1. The van der Waals surface area contributed by atoms with Gasteiger partial charge in [0.05, 0.1) is 21.6 Å². The average molecular weight is 447 g/mol. The molecule has 6 nitrogen and oxygen atoms in total. The number of thioether (sulfide) groups is 1. The van der Waals surface area contributed by atoms with Crippen LogP contribution in [0.3, 0.4) is 0 Å². The highest BCUT2D eigenvalue weighted by Gasteiger charge is 2.15. The van der Waals surface area contributed by atoms with E-state index in [1.54, 1.807) is 31.3 Å². The van der Waals surface area contributed by atoms with E-state index >= 15 is 0 Å². The van der Waals surface area contributed by atoms with Crippen LogP contribution < -0.4 is 15.8 Å². The molecular formula is C20H19ClN4O2S2. The number of carbonyl (C=O) groups is 1. The van der Waals surface area contributed by atoms with Crippen LogP contribution in [0.25, 0.3) is 10.9 Å². The molecule has 0 spiro atoms. The lowest BCUT2D eigenvalue weighted by molar-refractivity contribution is 0.102. The fourth-order valence-electron chi connectivity index (χ4n) is 3.30. The minimum absolute atomic E-state index is 0.200. The molecule has 3 aromatic rings. The molecule has 9 heteroatoms. The Balaban J connectivity index is 1.57. The lowest BCUT2D eigenvalue weighted by atomic mass is 10.1. The summed E-state index contributed by atoms with van der Waals surface area (Å²) in [5.74, 6) is 1.89. The Morgan fingerprint density at radius 2 is 1.97 bits per heavy atom. The number of halogens is 1. The van der Waals surface area contributed by atoms with E-state index in [0.29, 0.717) is 31.9 Å². The lowest BCUT2D eigenvalue weighted by Gasteiger charge is -2.29. The van der Waals surface area contributed by atoms with Gasteiger partial charge in [-0.3, -0.25) is 14.2 Å². The van der Waals surface area contributed by atoms with Gasteiger partial charge in [-0.2, -0.15) is 11.8 Å². The molecule has 0 unspecified atom stereocenters. The number of benzene rings is 2. The maximum atomic E-state index is 12.7. The summed E-state index contributed by atoms with van der Waals surface area (Å²) in [6.07, 6.45) is 0. The molecule has 150 valence electrons. The Morgan fingerprint density at radius 3 is 2.69 bits per heavy atom. The minimum atomic E-state index is -0.287. The minimum Gasteiger partial charge on any atom is -0.369 e. The first-order valence-electron chi connectivity index (χ1n) is 9.11. The van der Waals surface area contributed by atoms with E-state index < -0.39 is 0 Å². The first kappa shape index (κ1) is 20.0. The number of amides is 1. The van der Waals surface area contributed by atoms with E-state index in [1.807, 2.05) is 23.9 Å². The number of aromatic amines is 1. The molecule has 4 rings (SSSR count). The predicted octanol–water partition coefficient (Wildman–Crippen LogP) is 4.05. The molecule has 1 aromatic heterocycles. The largest absolute Gasteiger partial charge is 0.369 e. The number of rotatable bonds is 3. The zero-order valence-electron chi connectivity index (χ0n) is 15.7. The highest BCUT2D eigenvalue weighted by Crippen LogP contribution is 2.30. The normalized spacial score (nSPS) is 14.2. The molecule has 1 aliphatic rings. The van der Waals surface area contributed by atoms with Gasteiger partial charge < -0.3 is 15.2 Å². The van der Waals surface area contributed by atoms with Gasteiger partial charge >= 0.3 is 0 Å². The molecule has 1 amide bonds. The van der Waals surface area contributed by atoms with Gasteiger partial charge in [0.25, 0.3) is 11.5 Å². The summed E-state index contributed by atoms with van der Waals surface area (Å²) in [5, 5.41) is 3.95. The van der Waals surface area contributed by atoms with Crippen molar-refractivity contribution in [3.8, 4) is 0 Å². The number of aromatic nitrogens is 2. The summed E-state index contributed by atoms with van der Waals surface area (Å²) in [4.78, 5) is 30.2. The zero-order valence-corrected chi connectivity index (χ0v) is 18.1. The van der Waals surface area contributed by atoms with Crippen molar-refractivity contribution in [1.82, 2.24) is 9.55 Å². The Labute approximate surface area is 181 Å². The second-order valence-corrected chi connectivity index (χ2v) is 8.79. The summed E-state index contributed by atoms with van der Waals surface area (Å²) in [5.41, 5.74) is 2.35. The van der Waals surface area contributed by atoms with Crippen LogP contribution in [-0.2, 0) is 7.05 Å². The smallest absolute Gasteiger partial charge is 0.261 e. The summed E-state index contributed by atoms with van der Waals surface area (Å²) >= 11 is 13.6. The van der Waals surface area contributed by atoms with Crippen LogP contribution in [0.15, 0.2) is 41.2 Å². The monoisotopic (exact) mass is 446 g/mol. The standard InChI is InChI=1S/C20H19ClN4O2S2/c1-24-19(27)14-4-2-12(10-16(14)23-20(24)28)18(26)22-13-3-5-17(15(21)11-13)25-6-8-29-9-7-25/h2-5,10-11H,6-9H2,1H3,(H,22,26)(H,23,28). The van der Waals surface area contributed by atoms with Gasteiger partial charge in [0.2, 0.25) is 0 Å². The maximum absolute atomic E-state index is 12.7. The van der Waals surface area contributed by atoms with E-state index in [1.165, 1.54) is 4.57 Å². The van der Waals surface area contributed by atoms with E-state index in [4.69, 9.17) is 23.8 Å². The molecule has 1 saturated heterocycles. The number of H-pyrrole nitrogens is 1. The first-order chi connectivity index (χ1) is 13.9. The van der Waals surface area contributed by atoms with E-state index in [9.17, 15) is 9.59 Å². The van der Waals surface area contributed by atoms with Gasteiger partial charge in [-0.15, -0.1) is 0 Å².